The zero-order chi connectivity index (χ0) is 16.0. The summed E-state index contributed by atoms with van der Waals surface area (Å²) in [5.74, 6) is 0.119. The maximum absolute atomic E-state index is 13.8. The molecule has 1 saturated carbocycles. The zero-order valence-electron chi connectivity index (χ0n) is 13.2. The van der Waals surface area contributed by atoms with Gasteiger partial charge >= 0.3 is 0 Å². The van der Waals surface area contributed by atoms with Crippen molar-refractivity contribution in [2.45, 2.75) is 25.4 Å². The van der Waals surface area contributed by atoms with Crippen LogP contribution in [0, 0.1) is 23.5 Å². The largest absolute Gasteiger partial charge is 0.327 e. The number of rotatable bonds is 3. The van der Waals surface area contributed by atoms with Gasteiger partial charge in [0.1, 0.15) is 11.5 Å². The molecular weight excluding hydrogens is 334 g/mol. The van der Waals surface area contributed by atoms with Gasteiger partial charge in [-0.3, -0.25) is 4.90 Å². The molecule has 2 fully saturated rings. The van der Waals surface area contributed by atoms with Gasteiger partial charge in [-0.05, 0) is 42.9 Å². The van der Waals surface area contributed by atoms with E-state index in [-0.39, 0.29) is 18.1 Å². The first-order chi connectivity index (χ1) is 11.1. The number of benzene rings is 1. The van der Waals surface area contributed by atoms with Crippen LogP contribution in [0.4, 0.5) is 8.78 Å². The van der Waals surface area contributed by atoms with Gasteiger partial charge in [-0.2, -0.15) is 5.10 Å². The number of nitrogens with zero attached hydrogens (tertiary/aromatic N) is 3. The number of likely N-dealkylation sites (tertiary alicyclic amines) is 1. The summed E-state index contributed by atoms with van der Waals surface area (Å²) in [7, 11) is 0. The minimum Gasteiger partial charge on any atom is -0.327 e. The van der Waals surface area contributed by atoms with Gasteiger partial charge in [0.2, 0.25) is 0 Å². The van der Waals surface area contributed by atoms with Gasteiger partial charge in [-0.25, -0.2) is 13.5 Å². The van der Waals surface area contributed by atoms with Crippen molar-refractivity contribution in [3.05, 3.63) is 47.8 Å². The van der Waals surface area contributed by atoms with Crippen LogP contribution in [0.3, 0.4) is 0 Å². The van der Waals surface area contributed by atoms with Crippen LogP contribution in [0.5, 0.6) is 0 Å². The number of aromatic nitrogens is 2. The van der Waals surface area contributed by atoms with Crippen LogP contribution in [-0.2, 0) is 6.54 Å². The van der Waals surface area contributed by atoms with Crippen molar-refractivity contribution in [1.82, 2.24) is 14.7 Å². The fourth-order valence-electron chi connectivity index (χ4n) is 4.01. The van der Waals surface area contributed by atoms with Crippen LogP contribution < -0.4 is 5.73 Å². The summed E-state index contributed by atoms with van der Waals surface area (Å²) in [6, 6.07) is 5.73. The highest BCUT2D eigenvalue weighted by Gasteiger charge is 2.40. The van der Waals surface area contributed by atoms with E-state index in [1.54, 1.807) is 6.20 Å². The minimum absolute atomic E-state index is 0. The molecule has 2 heterocycles. The highest BCUT2D eigenvalue weighted by Crippen LogP contribution is 2.37. The Kier molecular flexibility index (Phi) is 4.90. The Hall–Kier alpha value is -1.50. The maximum Gasteiger partial charge on any atom is 0.151 e. The van der Waals surface area contributed by atoms with E-state index in [4.69, 9.17) is 5.73 Å². The first kappa shape index (κ1) is 17.3. The predicted octanol–water partition coefficient (Wildman–Crippen LogP) is 2.74. The van der Waals surface area contributed by atoms with Gasteiger partial charge in [0, 0.05) is 37.9 Å². The van der Waals surface area contributed by atoms with Gasteiger partial charge in [-0.15, -0.1) is 12.4 Å². The fourth-order valence-corrected chi connectivity index (χ4v) is 4.01. The fraction of sp³-hybridized carbons (Fsp3) is 0.471. The molecule has 1 aliphatic carbocycles. The van der Waals surface area contributed by atoms with Crippen LogP contribution in [0.2, 0.25) is 0 Å². The van der Waals surface area contributed by atoms with Crippen molar-refractivity contribution < 1.29 is 8.78 Å². The molecule has 1 aliphatic heterocycles. The van der Waals surface area contributed by atoms with E-state index in [9.17, 15) is 8.78 Å². The van der Waals surface area contributed by atoms with Gasteiger partial charge in [0.05, 0.1) is 5.69 Å². The molecule has 0 spiro atoms. The Morgan fingerprint density at radius 3 is 2.75 bits per heavy atom. The molecule has 2 aliphatic rings. The summed E-state index contributed by atoms with van der Waals surface area (Å²) in [5, 5.41) is 4.43. The van der Waals surface area contributed by atoms with Crippen molar-refractivity contribution in [3.63, 3.8) is 0 Å². The molecule has 1 aromatic carbocycles. The number of nitrogens with two attached hydrogens (primary N) is 1. The molecule has 2 N–H and O–H groups in total. The standard InChI is InChI=1S/C17H20F2N4.ClH/c18-12-2-4-17(15(19)7-12)23-6-5-13(21-23)9-22-8-11-1-3-16(20)14(11)10-22;/h2,4-7,11,14,16H,1,3,8-10,20H2;1H. The summed E-state index contributed by atoms with van der Waals surface area (Å²) in [5.41, 5.74) is 7.32. The lowest BCUT2D eigenvalue weighted by Crippen LogP contribution is -2.30. The molecule has 7 heteroatoms. The molecule has 24 heavy (non-hydrogen) atoms. The second-order valence-corrected chi connectivity index (χ2v) is 6.71. The van der Waals surface area contributed by atoms with Crippen LogP contribution >= 0.6 is 12.4 Å². The molecule has 0 bridgehead atoms. The molecule has 3 atom stereocenters. The Labute approximate surface area is 146 Å². The lowest BCUT2D eigenvalue weighted by molar-refractivity contribution is 0.294. The van der Waals surface area contributed by atoms with Crippen LogP contribution in [0.15, 0.2) is 30.5 Å². The molecule has 3 unspecified atom stereocenters. The van der Waals surface area contributed by atoms with Gasteiger partial charge in [-0.1, -0.05) is 0 Å². The third-order valence-corrected chi connectivity index (χ3v) is 5.17. The molecule has 0 radical (unpaired) electrons. The zero-order valence-corrected chi connectivity index (χ0v) is 14.1. The van der Waals surface area contributed by atoms with Gasteiger partial charge < -0.3 is 5.73 Å². The summed E-state index contributed by atoms with van der Waals surface area (Å²) in [4.78, 5) is 2.38. The molecule has 4 nitrogen and oxygen atoms in total. The van der Waals surface area contributed by atoms with Crippen molar-refractivity contribution in [3.8, 4) is 5.69 Å². The van der Waals surface area contributed by atoms with Crippen molar-refractivity contribution in [1.29, 1.82) is 0 Å². The lowest BCUT2D eigenvalue weighted by Gasteiger charge is -2.17. The minimum atomic E-state index is -0.610. The highest BCUT2D eigenvalue weighted by atomic mass is 35.5. The molecular formula is C17H21ClF2N4. The van der Waals surface area contributed by atoms with E-state index in [2.05, 4.69) is 10.00 Å². The Balaban J connectivity index is 0.00000169. The third kappa shape index (κ3) is 3.18. The molecule has 4 rings (SSSR count). The first-order valence-corrected chi connectivity index (χ1v) is 8.08. The van der Waals surface area contributed by atoms with Crippen molar-refractivity contribution >= 4 is 12.4 Å². The smallest absolute Gasteiger partial charge is 0.151 e. The maximum atomic E-state index is 13.8. The van der Waals surface area contributed by atoms with Crippen molar-refractivity contribution in [2.75, 3.05) is 13.1 Å². The summed E-state index contributed by atoms with van der Waals surface area (Å²) in [6.07, 6.45) is 4.08. The summed E-state index contributed by atoms with van der Waals surface area (Å²) < 4.78 is 28.3. The third-order valence-electron chi connectivity index (χ3n) is 5.17. The van der Waals surface area contributed by atoms with E-state index < -0.39 is 11.6 Å². The number of halogens is 3. The summed E-state index contributed by atoms with van der Waals surface area (Å²) >= 11 is 0. The topological polar surface area (TPSA) is 47.1 Å². The average Bonchev–Trinajstić information content (AvgIpc) is 3.19. The van der Waals surface area contributed by atoms with E-state index in [1.807, 2.05) is 6.07 Å². The number of hydrogen-bond donors (Lipinski definition) is 1. The van der Waals surface area contributed by atoms with Gasteiger partial charge in [0.25, 0.3) is 0 Å². The van der Waals surface area contributed by atoms with Crippen LogP contribution in [-0.4, -0.2) is 33.8 Å². The average molecular weight is 355 g/mol. The number of hydrogen-bond acceptors (Lipinski definition) is 3. The van der Waals surface area contributed by atoms with E-state index >= 15 is 0 Å². The summed E-state index contributed by atoms with van der Waals surface area (Å²) in [6.45, 7) is 2.83. The van der Waals surface area contributed by atoms with Crippen molar-refractivity contribution in [2.24, 2.45) is 17.6 Å². The first-order valence-electron chi connectivity index (χ1n) is 8.08. The molecule has 0 amide bonds. The normalized spacial score (nSPS) is 26.4. The second-order valence-electron chi connectivity index (χ2n) is 6.71. The molecule has 2 aromatic rings. The molecule has 1 saturated heterocycles. The highest BCUT2D eigenvalue weighted by molar-refractivity contribution is 5.85. The number of fused-ring (bicyclic) bond motifs is 1. The second kappa shape index (κ2) is 6.78. The molecule has 1 aromatic heterocycles. The molecule has 130 valence electrons. The quantitative estimate of drug-likeness (QED) is 0.922. The van der Waals surface area contributed by atoms with E-state index in [0.717, 1.165) is 37.8 Å². The Bertz CT molecular complexity index is 720. The van der Waals surface area contributed by atoms with Crippen LogP contribution in [0.25, 0.3) is 5.69 Å². The van der Waals surface area contributed by atoms with E-state index in [1.165, 1.54) is 23.2 Å². The van der Waals surface area contributed by atoms with Gasteiger partial charge in [0.15, 0.2) is 5.82 Å². The predicted molar refractivity (Wildman–Crippen MR) is 90.2 cm³/mol. The van der Waals surface area contributed by atoms with E-state index in [0.29, 0.717) is 17.9 Å². The lowest BCUT2D eigenvalue weighted by atomic mass is 9.98. The van der Waals surface area contributed by atoms with Crippen LogP contribution in [0.1, 0.15) is 18.5 Å². The SMILES string of the molecule is Cl.NC1CCC2CN(Cc3ccn(-c4ccc(F)cc4F)n3)CC12. The monoisotopic (exact) mass is 354 g/mol. The Morgan fingerprint density at radius 2 is 2.00 bits per heavy atom. The Morgan fingerprint density at radius 1 is 1.17 bits per heavy atom.